The van der Waals surface area contributed by atoms with Crippen molar-refractivity contribution in [1.82, 2.24) is 9.78 Å². The molecule has 0 atom stereocenters. The maximum atomic E-state index is 12.4. The van der Waals surface area contributed by atoms with Gasteiger partial charge in [-0.15, -0.1) is 0 Å². The van der Waals surface area contributed by atoms with E-state index < -0.39 is 11.6 Å². The van der Waals surface area contributed by atoms with Gasteiger partial charge in [-0.05, 0) is 46.5 Å². The van der Waals surface area contributed by atoms with Crippen LogP contribution < -0.4 is 5.73 Å². The van der Waals surface area contributed by atoms with Crippen molar-refractivity contribution < 1.29 is 19.1 Å². The van der Waals surface area contributed by atoms with Gasteiger partial charge in [0.05, 0.1) is 31.0 Å². The highest BCUT2D eigenvalue weighted by Crippen LogP contribution is 2.34. The molecule has 1 aromatic heterocycles. The van der Waals surface area contributed by atoms with Crippen LogP contribution in [0.5, 0.6) is 0 Å². The highest BCUT2D eigenvalue weighted by Gasteiger charge is 2.32. The number of hydrogen-bond donors (Lipinski definition) is 1. The fraction of sp³-hybridized carbons (Fsp3) is 0.688. The molecule has 1 aromatic rings. The molecule has 0 amide bonds. The maximum Gasteiger partial charge on any atom is 0.359 e. The SMILES string of the molecule is COC(=O)C1CCC(n2ncc(N)c2C(=O)OC(C)(C)C)CC1. The number of nitrogens with zero attached hydrogens (tertiary/aromatic N) is 2. The number of ether oxygens (including phenoxy) is 2. The van der Waals surface area contributed by atoms with E-state index >= 15 is 0 Å². The Hall–Kier alpha value is -2.05. The van der Waals surface area contributed by atoms with E-state index in [1.807, 2.05) is 20.8 Å². The predicted octanol–water partition coefficient (Wildman–Crippen LogP) is 2.32. The Labute approximate surface area is 136 Å². The van der Waals surface area contributed by atoms with Gasteiger partial charge in [-0.2, -0.15) is 5.10 Å². The average molecular weight is 323 g/mol. The van der Waals surface area contributed by atoms with Crippen LogP contribution in [0.3, 0.4) is 0 Å². The van der Waals surface area contributed by atoms with Gasteiger partial charge in [0.2, 0.25) is 0 Å². The van der Waals surface area contributed by atoms with Gasteiger partial charge in [0.25, 0.3) is 0 Å². The molecule has 7 nitrogen and oxygen atoms in total. The molecule has 0 spiro atoms. The number of carbonyl (C=O) groups excluding carboxylic acids is 2. The topological polar surface area (TPSA) is 96.4 Å². The number of esters is 2. The lowest BCUT2D eigenvalue weighted by Gasteiger charge is -2.28. The third-order valence-corrected chi connectivity index (χ3v) is 3.99. The van der Waals surface area contributed by atoms with Crippen molar-refractivity contribution in [3.8, 4) is 0 Å². The third-order valence-electron chi connectivity index (χ3n) is 3.99. The second-order valence-electron chi connectivity index (χ2n) is 6.92. The van der Waals surface area contributed by atoms with E-state index in [0.717, 1.165) is 12.8 Å². The normalized spacial score (nSPS) is 21.7. The summed E-state index contributed by atoms with van der Waals surface area (Å²) in [7, 11) is 1.41. The number of anilines is 1. The van der Waals surface area contributed by atoms with E-state index in [0.29, 0.717) is 24.2 Å². The van der Waals surface area contributed by atoms with Crippen LogP contribution in [0.25, 0.3) is 0 Å². The van der Waals surface area contributed by atoms with Gasteiger partial charge in [-0.1, -0.05) is 0 Å². The summed E-state index contributed by atoms with van der Waals surface area (Å²) in [5, 5.41) is 4.26. The molecular formula is C16H25N3O4. The molecule has 0 saturated heterocycles. The van der Waals surface area contributed by atoms with Crippen LogP contribution in [0.4, 0.5) is 5.69 Å². The minimum atomic E-state index is -0.596. The van der Waals surface area contributed by atoms with Crippen molar-refractivity contribution in [3.63, 3.8) is 0 Å². The van der Waals surface area contributed by atoms with E-state index in [4.69, 9.17) is 15.2 Å². The smallest absolute Gasteiger partial charge is 0.359 e. The Morgan fingerprint density at radius 1 is 1.26 bits per heavy atom. The van der Waals surface area contributed by atoms with Crippen molar-refractivity contribution in [2.75, 3.05) is 12.8 Å². The largest absolute Gasteiger partial charge is 0.469 e. The van der Waals surface area contributed by atoms with Crippen LogP contribution >= 0.6 is 0 Å². The number of aromatic nitrogens is 2. The fourth-order valence-electron chi connectivity index (χ4n) is 2.91. The molecule has 0 bridgehead atoms. The van der Waals surface area contributed by atoms with Gasteiger partial charge >= 0.3 is 11.9 Å². The molecule has 1 saturated carbocycles. The van der Waals surface area contributed by atoms with Crippen LogP contribution in [0, 0.1) is 5.92 Å². The van der Waals surface area contributed by atoms with Gasteiger partial charge in [-0.3, -0.25) is 9.48 Å². The summed E-state index contributed by atoms with van der Waals surface area (Å²) in [5.74, 6) is -0.715. The number of methoxy groups -OCH3 is 1. The lowest BCUT2D eigenvalue weighted by atomic mass is 9.86. The first-order valence-electron chi connectivity index (χ1n) is 7.87. The molecule has 0 unspecified atom stereocenters. The first-order valence-corrected chi connectivity index (χ1v) is 7.87. The molecule has 1 aliphatic rings. The average Bonchev–Trinajstić information content (AvgIpc) is 2.86. The summed E-state index contributed by atoms with van der Waals surface area (Å²) < 4.78 is 11.9. The quantitative estimate of drug-likeness (QED) is 0.858. The van der Waals surface area contributed by atoms with E-state index in [1.54, 1.807) is 4.68 Å². The zero-order valence-electron chi connectivity index (χ0n) is 14.2. The van der Waals surface area contributed by atoms with E-state index in [9.17, 15) is 9.59 Å². The lowest BCUT2D eigenvalue weighted by molar-refractivity contribution is -0.146. The first-order chi connectivity index (χ1) is 10.7. The Morgan fingerprint density at radius 3 is 2.39 bits per heavy atom. The zero-order valence-corrected chi connectivity index (χ0v) is 14.2. The zero-order chi connectivity index (χ0) is 17.2. The summed E-state index contributed by atoms with van der Waals surface area (Å²) in [6, 6.07) is 0.0377. The van der Waals surface area contributed by atoms with Crippen LogP contribution in [0.2, 0.25) is 0 Å². The van der Waals surface area contributed by atoms with Crippen LogP contribution in [0.15, 0.2) is 6.20 Å². The summed E-state index contributed by atoms with van der Waals surface area (Å²) >= 11 is 0. The Bertz CT molecular complexity index is 581. The van der Waals surface area contributed by atoms with Crippen molar-refractivity contribution in [1.29, 1.82) is 0 Å². The molecule has 1 fully saturated rings. The van der Waals surface area contributed by atoms with Crippen molar-refractivity contribution in [3.05, 3.63) is 11.9 Å². The van der Waals surface area contributed by atoms with Gasteiger partial charge in [0.1, 0.15) is 5.60 Å². The standard InChI is InChI=1S/C16H25N3O4/c1-16(2,3)23-15(21)13-12(17)9-18-19(13)11-7-5-10(6-8-11)14(20)22-4/h9-11H,5-8,17H2,1-4H3. The molecule has 2 N–H and O–H groups in total. The number of hydrogen-bond acceptors (Lipinski definition) is 6. The van der Waals surface area contributed by atoms with E-state index in [1.165, 1.54) is 13.3 Å². The molecule has 2 rings (SSSR count). The second kappa shape index (κ2) is 6.60. The summed E-state index contributed by atoms with van der Waals surface area (Å²) in [4.78, 5) is 24.0. The number of nitrogens with two attached hydrogens (primary N) is 1. The first kappa shape index (κ1) is 17.3. The van der Waals surface area contributed by atoms with Gasteiger partial charge in [0, 0.05) is 0 Å². The van der Waals surface area contributed by atoms with Gasteiger partial charge < -0.3 is 15.2 Å². The van der Waals surface area contributed by atoms with Gasteiger partial charge in [-0.25, -0.2) is 4.79 Å². The summed E-state index contributed by atoms with van der Waals surface area (Å²) in [6.07, 6.45) is 4.40. The highest BCUT2D eigenvalue weighted by atomic mass is 16.6. The van der Waals surface area contributed by atoms with Crippen molar-refractivity contribution >= 4 is 17.6 Å². The predicted molar refractivity (Wildman–Crippen MR) is 84.8 cm³/mol. The Morgan fingerprint density at radius 2 is 1.87 bits per heavy atom. The monoisotopic (exact) mass is 323 g/mol. The van der Waals surface area contributed by atoms with Crippen LogP contribution in [0.1, 0.15) is 63.0 Å². The fourth-order valence-corrected chi connectivity index (χ4v) is 2.91. The molecule has 0 radical (unpaired) electrons. The number of carbonyl (C=O) groups is 2. The molecular weight excluding hydrogens is 298 g/mol. The lowest BCUT2D eigenvalue weighted by Crippen LogP contribution is -2.29. The molecule has 1 heterocycles. The number of nitrogen functional groups attached to an aromatic ring is 1. The maximum absolute atomic E-state index is 12.4. The van der Waals surface area contributed by atoms with E-state index in [2.05, 4.69) is 5.10 Å². The summed E-state index contributed by atoms with van der Waals surface area (Å²) in [6.45, 7) is 5.43. The third kappa shape index (κ3) is 4.03. The van der Waals surface area contributed by atoms with Gasteiger partial charge in [0.15, 0.2) is 5.69 Å². The molecule has 0 aliphatic heterocycles. The molecule has 0 aromatic carbocycles. The van der Waals surface area contributed by atoms with Crippen molar-refractivity contribution in [2.45, 2.75) is 58.1 Å². The minimum Gasteiger partial charge on any atom is -0.469 e. The summed E-state index contributed by atoms with van der Waals surface area (Å²) in [5.41, 5.74) is 5.92. The minimum absolute atomic E-state index is 0.0377. The molecule has 128 valence electrons. The van der Waals surface area contributed by atoms with Crippen LogP contribution in [-0.4, -0.2) is 34.4 Å². The molecule has 23 heavy (non-hydrogen) atoms. The number of rotatable bonds is 3. The van der Waals surface area contributed by atoms with Crippen molar-refractivity contribution in [2.24, 2.45) is 5.92 Å². The Kier molecular flexibility index (Phi) is 4.97. The molecule has 1 aliphatic carbocycles. The Balaban J connectivity index is 2.13. The highest BCUT2D eigenvalue weighted by molar-refractivity contribution is 5.93. The molecule has 7 heteroatoms. The van der Waals surface area contributed by atoms with Crippen LogP contribution in [-0.2, 0) is 14.3 Å². The second-order valence-corrected chi connectivity index (χ2v) is 6.92. The van der Waals surface area contributed by atoms with E-state index in [-0.39, 0.29) is 17.9 Å².